The molecule has 0 aliphatic rings. The van der Waals surface area contributed by atoms with Gasteiger partial charge in [-0.05, 0) is 24.1 Å². The maximum Gasteiger partial charge on any atom is 0.269 e. The Labute approximate surface area is 160 Å². The van der Waals surface area contributed by atoms with E-state index in [0.29, 0.717) is 13.0 Å². The second-order valence-corrected chi connectivity index (χ2v) is 8.65. The van der Waals surface area contributed by atoms with Crippen LogP contribution in [-0.4, -0.2) is 31.1 Å². The van der Waals surface area contributed by atoms with Gasteiger partial charge in [0, 0.05) is 35.2 Å². The lowest BCUT2D eigenvalue weighted by Gasteiger charge is -2.04. The highest BCUT2D eigenvalue weighted by molar-refractivity contribution is 7.88. The lowest BCUT2D eigenvalue weighted by Crippen LogP contribution is -2.24. The van der Waals surface area contributed by atoms with E-state index in [4.69, 9.17) is 0 Å². The van der Waals surface area contributed by atoms with Gasteiger partial charge in [-0.15, -0.1) is 11.3 Å². The molecule has 0 radical (unpaired) electrons. The first kappa shape index (κ1) is 19.2. The summed E-state index contributed by atoms with van der Waals surface area (Å²) in [4.78, 5) is 14.9. The second-order valence-electron chi connectivity index (χ2n) is 5.96. The van der Waals surface area contributed by atoms with Crippen molar-refractivity contribution in [2.24, 2.45) is 0 Å². The fraction of sp³-hybridized carbons (Fsp3) is 0.167. The average molecular weight is 403 g/mol. The van der Waals surface area contributed by atoms with E-state index < -0.39 is 14.9 Å². The van der Waals surface area contributed by atoms with Gasteiger partial charge in [-0.25, -0.2) is 18.1 Å². The van der Waals surface area contributed by atoms with E-state index in [1.165, 1.54) is 23.5 Å². The van der Waals surface area contributed by atoms with Crippen LogP contribution in [0.3, 0.4) is 0 Å². The SMILES string of the molecule is CS(=O)(=O)NCCc1ccc(-c2csc(-c3ccc([N+](=O)[O-])cc3)n2)cc1. The van der Waals surface area contributed by atoms with Gasteiger partial charge in [0.1, 0.15) is 5.01 Å². The maximum atomic E-state index is 11.1. The number of non-ortho nitro benzene ring substituents is 1. The number of hydrogen-bond acceptors (Lipinski definition) is 6. The van der Waals surface area contributed by atoms with Gasteiger partial charge >= 0.3 is 0 Å². The summed E-state index contributed by atoms with van der Waals surface area (Å²) in [5.74, 6) is 0. The zero-order chi connectivity index (χ0) is 19.4. The molecule has 0 saturated heterocycles. The molecule has 7 nitrogen and oxygen atoms in total. The first-order valence-electron chi connectivity index (χ1n) is 8.06. The van der Waals surface area contributed by atoms with E-state index in [1.54, 1.807) is 12.1 Å². The maximum absolute atomic E-state index is 11.1. The molecular formula is C18H17N3O4S2. The molecule has 3 aromatic rings. The summed E-state index contributed by atoms with van der Waals surface area (Å²) in [5, 5.41) is 13.5. The van der Waals surface area contributed by atoms with Gasteiger partial charge in [0.15, 0.2) is 0 Å². The summed E-state index contributed by atoms with van der Waals surface area (Å²) < 4.78 is 24.6. The third-order valence-electron chi connectivity index (χ3n) is 3.86. The standard InChI is InChI=1S/C18H17N3O4S2/c1-27(24,25)19-11-10-13-2-4-14(5-3-13)17-12-26-18(20-17)15-6-8-16(9-7-15)21(22)23/h2-9,12,19H,10-11H2,1H3. The molecule has 0 amide bonds. The fourth-order valence-corrected chi connectivity index (χ4v) is 3.80. The third-order valence-corrected chi connectivity index (χ3v) is 5.48. The minimum Gasteiger partial charge on any atom is -0.258 e. The largest absolute Gasteiger partial charge is 0.269 e. The molecule has 0 aliphatic carbocycles. The zero-order valence-electron chi connectivity index (χ0n) is 14.5. The Morgan fingerprint density at radius 2 is 1.70 bits per heavy atom. The first-order valence-corrected chi connectivity index (χ1v) is 10.8. The van der Waals surface area contributed by atoms with Crippen molar-refractivity contribution in [2.45, 2.75) is 6.42 Å². The molecule has 1 N–H and O–H groups in total. The normalized spacial score (nSPS) is 11.4. The predicted molar refractivity (Wildman–Crippen MR) is 106 cm³/mol. The van der Waals surface area contributed by atoms with Crippen molar-refractivity contribution in [1.82, 2.24) is 9.71 Å². The molecule has 27 heavy (non-hydrogen) atoms. The monoisotopic (exact) mass is 403 g/mol. The van der Waals surface area contributed by atoms with E-state index >= 15 is 0 Å². The number of sulfonamides is 1. The quantitative estimate of drug-likeness (QED) is 0.481. The van der Waals surface area contributed by atoms with Gasteiger partial charge in [-0.2, -0.15) is 0 Å². The van der Waals surface area contributed by atoms with Crippen LogP contribution in [0.15, 0.2) is 53.9 Å². The summed E-state index contributed by atoms with van der Waals surface area (Å²) in [6, 6.07) is 14.1. The van der Waals surface area contributed by atoms with E-state index in [0.717, 1.165) is 33.6 Å². The van der Waals surface area contributed by atoms with Crippen molar-refractivity contribution in [1.29, 1.82) is 0 Å². The van der Waals surface area contributed by atoms with Gasteiger partial charge in [-0.3, -0.25) is 10.1 Å². The molecule has 0 bridgehead atoms. The fourth-order valence-electron chi connectivity index (χ4n) is 2.49. The van der Waals surface area contributed by atoms with Crippen LogP contribution in [0.2, 0.25) is 0 Å². The molecule has 0 spiro atoms. The summed E-state index contributed by atoms with van der Waals surface area (Å²) in [7, 11) is -3.17. The molecule has 2 aromatic carbocycles. The second kappa shape index (κ2) is 7.95. The molecule has 0 aliphatic heterocycles. The molecule has 1 heterocycles. The molecular weight excluding hydrogens is 386 g/mol. The van der Waals surface area contributed by atoms with Crippen LogP contribution in [0, 0.1) is 10.1 Å². The Bertz CT molecular complexity index is 1040. The van der Waals surface area contributed by atoms with E-state index in [-0.39, 0.29) is 5.69 Å². The van der Waals surface area contributed by atoms with Gasteiger partial charge < -0.3 is 0 Å². The molecule has 0 saturated carbocycles. The number of rotatable bonds is 7. The highest BCUT2D eigenvalue weighted by atomic mass is 32.2. The number of nitro groups is 1. The van der Waals surface area contributed by atoms with Crippen LogP contribution in [0.5, 0.6) is 0 Å². The Morgan fingerprint density at radius 3 is 2.30 bits per heavy atom. The van der Waals surface area contributed by atoms with Crippen LogP contribution in [-0.2, 0) is 16.4 Å². The number of hydrogen-bond donors (Lipinski definition) is 1. The molecule has 3 rings (SSSR count). The third kappa shape index (κ3) is 5.19. The number of nitrogens with one attached hydrogen (secondary N) is 1. The van der Waals surface area contributed by atoms with Crippen molar-refractivity contribution >= 4 is 27.0 Å². The Balaban J connectivity index is 1.69. The van der Waals surface area contributed by atoms with Gasteiger partial charge in [-0.1, -0.05) is 24.3 Å². The molecule has 0 unspecified atom stereocenters. The minimum absolute atomic E-state index is 0.0523. The lowest BCUT2D eigenvalue weighted by molar-refractivity contribution is -0.384. The number of thiazole rings is 1. The smallest absolute Gasteiger partial charge is 0.258 e. The van der Waals surface area contributed by atoms with Crippen LogP contribution in [0.4, 0.5) is 5.69 Å². The van der Waals surface area contributed by atoms with Crippen LogP contribution >= 0.6 is 11.3 Å². The van der Waals surface area contributed by atoms with Gasteiger partial charge in [0.25, 0.3) is 5.69 Å². The van der Waals surface area contributed by atoms with Crippen molar-refractivity contribution in [3.63, 3.8) is 0 Å². The summed E-state index contributed by atoms with van der Waals surface area (Å²) in [6.07, 6.45) is 1.75. The highest BCUT2D eigenvalue weighted by Crippen LogP contribution is 2.30. The van der Waals surface area contributed by atoms with Crippen molar-refractivity contribution in [3.8, 4) is 21.8 Å². The number of benzene rings is 2. The summed E-state index contributed by atoms with van der Waals surface area (Å²) in [6.45, 7) is 0.360. The van der Waals surface area contributed by atoms with Gasteiger partial charge in [0.05, 0.1) is 16.9 Å². The van der Waals surface area contributed by atoms with E-state index in [2.05, 4.69) is 9.71 Å². The van der Waals surface area contributed by atoms with Crippen molar-refractivity contribution in [2.75, 3.05) is 12.8 Å². The van der Waals surface area contributed by atoms with Crippen LogP contribution in [0.25, 0.3) is 21.8 Å². The average Bonchev–Trinajstić information content (AvgIpc) is 3.11. The number of nitrogens with zero attached hydrogens (tertiary/aromatic N) is 2. The molecule has 9 heteroatoms. The lowest BCUT2D eigenvalue weighted by atomic mass is 10.1. The molecule has 0 fully saturated rings. The Hall–Kier alpha value is -2.62. The van der Waals surface area contributed by atoms with E-state index in [9.17, 15) is 18.5 Å². The molecule has 140 valence electrons. The number of aromatic nitrogens is 1. The number of nitro benzene ring substituents is 1. The van der Waals surface area contributed by atoms with Crippen LogP contribution in [0.1, 0.15) is 5.56 Å². The minimum atomic E-state index is -3.17. The topological polar surface area (TPSA) is 102 Å². The van der Waals surface area contributed by atoms with Crippen LogP contribution < -0.4 is 4.72 Å². The first-order chi connectivity index (χ1) is 12.8. The Morgan fingerprint density at radius 1 is 1.07 bits per heavy atom. The Kier molecular flexibility index (Phi) is 5.64. The summed E-state index contributed by atoms with van der Waals surface area (Å²) >= 11 is 1.47. The molecule has 0 atom stereocenters. The molecule has 1 aromatic heterocycles. The predicted octanol–water partition coefficient (Wildman–Crippen LogP) is 3.48. The van der Waals surface area contributed by atoms with Gasteiger partial charge in [0.2, 0.25) is 10.0 Å². The zero-order valence-corrected chi connectivity index (χ0v) is 16.1. The van der Waals surface area contributed by atoms with E-state index in [1.807, 2.05) is 29.6 Å². The summed E-state index contributed by atoms with van der Waals surface area (Å²) in [5.41, 5.74) is 3.70. The van der Waals surface area contributed by atoms with Crippen molar-refractivity contribution < 1.29 is 13.3 Å². The van der Waals surface area contributed by atoms with Crippen molar-refractivity contribution in [3.05, 3.63) is 69.6 Å². The highest BCUT2D eigenvalue weighted by Gasteiger charge is 2.10.